The SMILES string of the molecule is Cc1cccc(N)c1S(=O)(=O)Nc1nccnn1. The molecule has 0 atom stereocenters. The van der Waals surface area contributed by atoms with Crippen LogP contribution in [-0.4, -0.2) is 23.6 Å². The predicted molar refractivity (Wildman–Crippen MR) is 66.2 cm³/mol. The van der Waals surface area contributed by atoms with Gasteiger partial charge < -0.3 is 5.73 Å². The Morgan fingerprint density at radius 2 is 2.06 bits per heavy atom. The fourth-order valence-electron chi connectivity index (χ4n) is 1.51. The molecule has 1 aromatic carbocycles. The van der Waals surface area contributed by atoms with E-state index < -0.39 is 10.0 Å². The van der Waals surface area contributed by atoms with Crippen LogP contribution in [0, 0.1) is 6.92 Å². The van der Waals surface area contributed by atoms with Crippen molar-refractivity contribution in [1.29, 1.82) is 0 Å². The van der Waals surface area contributed by atoms with Crippen molar-refractivity contribution < 1.29 is 8.42 Å². The Hall–Kier alpha value is -2.22. The molecule has 2 rings (SSSR count). The molecule has 8 heteroatoms. The summed E-state index contributed by atoms with van der Waals surface area (Å²) < 4.78 is 26.5. The summed E-state index contributed by atoms with van der Waals surface area (Å²) in [5.74, 6) is -0.0971. The van der Waals surface area contributed by atoms with E-state index in [1.165, 1.54) is 18.5 Å². The molecule has 0 unspecified atom stereocenters. The van der Waals surface area contributed by atoms with Crippen LogP contribution in [0.1, 0.15) is 5.56 Å². The normalized spacial score (nSPS) is 11.2. The fraction of sp³-hybridized carbons (Fsp3) is 0.100. The highest BCUT2D eigenvalue weighted by molar-refractivity contribution is 7.93. The van der Waals surface area contributed by atoms with Crippen LogP contribution in [0.5, 0.6) is 0 Å². The van der Waals surface area contributed by atoms with Crippen LogP contribution >= 0.6 is 0 Å². The lowest BCUT2D eigenvalue weighted by molar-refractivity contribution is 0.600. The number of aromatic nitrogens is 3. The first-order valence-electron chi connectivity index (χ1n) is 5.02. The maximum Gasteiger partial charge on any atom is 0.266 e. The van der Waals surface area contributed by atoms with Crippen LogP contribution in [-0.2, 0) is 10.0 Å². The Bertz CT molecular complexity index is 637. The van der Waals surface area contributed by atoms with Gasteiger partial charge in [-0.1, -0.05) is 12.1 Å². The largest absolute Gasteiger partial charge is 0.398 e. The summed E-state index contributed by atoms with van der Waals surface area (Å²) >= 11 is 0. The Morgan fingerprint density at radius 3 is 2.67 bits per heavy atom. The highest BCUT2D eigenvalue weighted by Gasteiger charge is 2.20. The number of nitrogens with one attached hydrogen (secondary N) is 1. The number of aryl methyl sites for hydroxylation is 1. The summed E-state index contributed by atoms with van der Waals surface area (Å²) in [6.45, 7) is 1.66. The number of sulfonamides is 1. The van der Waals surface area contributed by atoms with Crippen molar-refractivity contribution in [2.45, 2.75) is 11.8 Å². The van der Waals surface area contributed by atoms with Gasteiger partial charge in [0.05, 0.1) is 18.1 Å². The number of hydrogen-bond donors (Lipinski definition) is 2. The Kier molecular flexibility index (Phi) is 3.11. The van der Waals surface area contributed by atoms with Crippen molar-refractivity contribution in [3.63, 3.8) is 0 Å². The minimum atomic E-state index is -3.81. The lowest BCUT2D eigenvalue weighted by Crippen LogP contribution is -2.18. The summed E-state index contributed by atoms with van der Waals surface area (Å²) in [6, 6.07) is 4.87. The van der Waals surface area contributed by atoms with E-state index in [0.717, 1.165) is 0 Å². The molecule has 2 aromatic rings. The Morgan fingerprint density at radius 1 is 1.28 bits per heavy atom. The third kappa shape index (κ3) is 2.38. The monoisotopic (exact) mass is 265 g/mol. The summed E-state index contributed by atoms with van der Waals surface area (Å²) in [7, 11) is -3.81. The van der Waals surface area contributed by atoms with Crippen LogP contribution in [0.15, 0.2) is 35.5 Å². The number of anilines is 2. The van der Waals surface area contributed by atoms with Gasteiger partial charge in [-0.05, 0) is 18.6 Å². The van der Waals surface area contributed by atoms with Crippen LogP contribution in [0.25, 0.3) is 0 Å². The average Bonchev–Trinajstić information content (AvgIpc) is 2.28. The molecule has 1 aromatic heterocycles. The lowest BCUT2D eigenvalue weighted by atomic mass is 10.2. The summed E-state index contributed by atoms with van der Waals surface area (Å²) in [5.41, 5.74) is 6.41. The number of benzene rings is 1. The third-order valence-electron chi connectivity index (χ3n) is 2.22. The van der Waals surface area contributed by atoms with Crippen molar-refractivity contribution in [2.75, 3.05) is 10.5 Å². The molecule has 1 heterocycles. The molecular weight excluding hydrogens is 254 g/mol. The van der Waals surface area contributed by atoms with Gasteiger partial charge in [-0.15, -0.1) is 5.10 Å². The highest BCUT2D eigenvalue weighted by Crippen LogP contribution is 2.23. The number of rotatable bonds is 3. The van der Waals surface area contributed by atoms with Gasteiger partial charge in [0, 0.05) is 0 Å². The van der Waals surface area contributed by atoms with E-state index in [-0.39, 0.29) is 16.5 Å². The molecule has 0 saturated heterocycles. The predicted octanol–water partition coefficient (Wildman–Crippen LogP) is 0.563. The number of hydrogen-bond acceptors (Lipinski definition) is 6. The molecule has 0 aliphatic carbocycles. The molecule has 3 N–H and O–H groups in total. The fourth-order valence-corrected chi connectivity index (χ4v) is 2.81. The molecule has 0 radical (unpaired) electrons. The molecule has 18 heavy (non-hydrogen) atoms. The zero-order valence-corrected chi connectivity index (χ0v) is 10.3. The van der Waals surface area contributed by atoms with Gasteiger partial charge in [0.25, 0.3) is 16.0 Å². The maximum atomic E-state index is 12.1. The lowest BCUT2D eigenvalue weighted by Gasteiger charge is -2.10. The Labute approximate surface area is 104 Å². The van der Waals surface area contributed by atoms with Gasteiger partial charge in [-0.25, -0.2) is 18.1 Å². The van der Waals surface area contributed by atoms with Crippen LogP contribution in [0.2, 0.25) is 0 Å². The van der Waals surface area contributed by atoms with Crippen LogP contribution < -0.4 is 10.5 Å². The van der Waals surface area contributed by atoms with E-state index >= 15 is 0 Å². The maximum absolute atomic E-state index is 12.1. The van der Waals surface area contributed by atoms with Gasteiger partial charge in [-0.2, -0.15) is 5.10 Å². The molecule has 7 nitrogen and oxygen atoms in total. The molecular formula is C10H11N5O2S. The first kappa shape index (κ1) is 12.2. The quantitative estimate of drug-likeness (QED) is 0.784. The van der Waals surface area contributed by atoms with E-state index in [1.54, 1.807) is 19.1 Å². The van der Waals surface area contributed by atoms with E-state index in [0.29, 0.717) is 5.56 Å². The van der Waals surface area contributed by atoms with Gasteiger partial charge in [0.2, 0.25) is 0 Å². The molecule has 0 fully saturated rings. The summed E-state index contributed by atoms with van der Waals surface area (Å²) in [5, 5.41) is 7.09. The summed E-state index contributed by atoms with van der Waals surface area (Å²) in [4.78, 5) is 3.77. The second-order valence-corrected chi connectivity index (χ2v) is 5.18. The van der Waals surface area contributed by atoms with E-state index in [9.17, 15) is 8.42 Å². The second kappa shape index (κ2) is 4.57. The van der Waals surface area contributed by atoms with Crippen molar-refractivity contribution in [3.8, 4) is 0 Å². The van der Waals surface area contributed by atoms with Crippen molar-refractivity contribution >= 4 is 21.7 Å². The highest BCUT2D eigenvalue weighted by atomic mass is 32.2. The molecule has 0 amide bonds. The van der Waals surface area contributed by atoms with Gasteiger partial charge in [0.1, 0.15) is 4.90 Å². The molecule has 94 valence electrons. The first-order valence-corrected chi connectivity index (χ1v) is 6.50. The van der Waals surface area contributed by atoms with Gasteiger partial charge in [0.15, 0.2) is 0 Å². The smallest absolute Gasteiger partial charge is 0.266 e. The number of nitrogens with zero attached hydrogens (tertiary/aromatic N) is 3. The molecule has 0 saturated carbocycles. The zero-order chi connectivity index (χ0) is 13.2. The van der Waals surface area contributed by atoms with E-state index in [2.05, 4.69) is 19.9 Å². The van der Waals surface area contributed by atoms with Crippen LogP contribution in [0.4, 0.5) is 11.6 Å². The molecule has 0 aliphatic heterocycles. The number of nitrogen functional groups attached to an aromatic ring is 1. The van der Waals surface area contributed by atoms with E-state index in [4.69, 9.17) is 5.73 Å². The van der Waals surface area contributed by atoms with Crippen molar-refractivity contribution in [2.24, 2.45) is 0 Å². The van der Waals surface area contributed by atoms with E-state index in [1.807, 2.05) is 0 Å². The van der Waals surface area contributed by atoms with Crippen molar-refractivity contribution in [3.05, 3.63) is 36.2 Å². The minimum absolute atomic E-state index is 0.0254. The number of nitrogens with two attached hydrogens (primary N) is 1. The zero-order valence-electron chi connectivity index (χ0n) is 9.53. The standard InChI is InChI=1S/C10H11N5O2S/c1-7-3-2-4-8(11)9(7)18(16,17)15-10-12-5-6-13-14-10/h2-6H,11H2,1H3,(H,12,14,15). The minimum Gasteiger partial charge on any atom is -0.398 e. The first-order chi connectivity index (χ1) is 8.50. The Balaban J connectivity index is 2.44. The van der Waals surface area contributed by atoms with Gasteiger partial charge >= 0.3 is 0 Å². The topological polar surface area (TPSA) is 111 Å². The van der Waals surface area contributed by atoms with Crippen LogP contribution in [0.3, 0.4) is 0 Å². The molecule has 0 spiro atoms. The third-order valence-corrected chi connectivity index (χ3v) is 3.77. The second-order valence-electron chi connectivity index (χ2n) is 3.57. The molecule has 0 bridgehead atoms. The average molecular weight is 265 g/mol. The van der Waals surface area contributed by atoms with Crippen molar-refractivity contribution in [1.82, 2.24) is 15.2 Å². The summed E-state index contributed by atoms with van der Waals surface area (Å²) in [6.07, 6.45) is 2.69. The molecule has 0 aliphatic rings. The van der Waals surface area contributed by atoms with Gasteiger partial charge in [-0.3, -0.25) is 0 Å².